The van der Waals surface area contributed by atoms with E-state index in [1.165, 1.54) is 0 Å². The Hall–Kier alpha value is -1.09. The molecule has 0 spiro atoms. The molecule has 1 aliphatic heterocycles. The van der Waals surface area contributed by atoms with E-state index in [4.69, 9.17) is 5.73 Å². The van der Waals surface area contributed by atoms with Crippen molar-refractivity contribution in [2.45, 2.75) is 26.8 Å². The quantitative estimate of drug-likeness (QED) is 0.829. The average Bonchev–Trinajstić information content (AvgIpc) is 2.59. The second-order valence-electron chi connectivity index (χ2n) is 5.06. The van der Waals surface area contributed by atoms with Gasteiger partial charge in [-0.1, -0.05) is 19.9 Å². The summed E-state index contributed by atoms with van der Waals surface area (Å²) in [6, 6.07) is 4.10. The third kappa shape index (κ3) is 2.05. The number of hydrogen-bond acceptors (Lipinski definition) is 3. The Labute approximate surface area is 97.7 Å². The number of nitrogens with zero attached hydrogens (tertiary/aromatic N) is 2. The van der Waals surface area contributed by atoms with E-state index >= 15 is 0 Å². The maximum absolute atomic E-state index is 5.98. The molecule has 0 bridgehead atoms. The van der Waals surface area contributed by atoms with Crippen LogP contribution in [0, 0.1) is 11.8 Å². The van der Waals surface area contributed by atoms with Gasteiger partial charge in [0.2, 0.25) is 0 Å². The van der Waals surface area contributed by atoms with Crippen LogP contribution in [0.3, 0.4) is 0 Å². The first kappa shape index (κ1) is 11.4. The predicted octanol–water partition coefficient (Wildman–Crippen LogP) is 2.19. The molecule has 1 aromatic rings. The summed E-state index contributed by atoms with van der Waals surface area (Å²) in [7, 11) is 0. The summed E-state index contributed by atoms with van der Waals surface area (Å²) in [5, 5.41) is 0. The monoisotopic (exact) mass is 219 g/mol. The second kappa shape index (κ2) is 4.42. The topological polar surface area (TPSA) is 42.1 Å². The van der Waals surface area contributed by atoms with Crippen LogP contribution in [-0.2, 0) is 0 Å². The Morgan fingerprint density at radius 1 is 1.38 bits per heavy atom. The Morgan fingerprint density at radius 3 is 2.56 bits per heavy atom. The minimum absolute atomic E-state index is 0.0508. The summed E-state index contributed by atoms with van der Waals surface area (Å²) >= 11 is 0. The van der Waals surface area contributed by atoms with Crippen molar-refractivity contribution in [3.8, 4) is 0 Å². The molecule has 3 unspecified atom stereocenters. The molecule has 1 aliphatic rings. The van der Waals surface area contributed by atoms with Crippen molar-refractivity contribution in [2.24, 2.45) is 17.6 Å². The highest BCUT2D eigenvalue weighted by Gasteiger charge is 2.28. The van der Waals surface area contributed by atoms with Gasteiger partial charge in [0.25, 0.3) is 0 Å². The van der Waals surface area contributed by atoms with E-state index < -0.39 is 0 Å². The lowest BCUT2D eigenvalue weighted by atomic mass is 10.0. The molecule has 0 aromatic carbocycles. The first-order valence-corrected chi connectivity index (χ1v) is 6.05. The highest BCUT2D eigenvalue weighted by molar-refractivity contribution is 5.49. The zero-order valence-electron chi connectivity index (χ0n) is 10.4. The minimum Gasteiger partial charge on any atom is -0.356 e. The molecule has 2 heterocycles. The van der Waals surface area contributed by atoms with Gasteiger partial charge in [-0.3, -0.25) is 0 Å². The van der Waals surface area contributed by atoms with Crippen LogP contribution in [0.1, 0.15) is 32.4 Å². The fourth-order valence-electron chi connectivity index (χ4n) is 2.33. The van der Waals surface area contributed by atoms with Gasteiger partial charge in [0, 0.05) is 30.9 Å². The number of nitrogens with two attached hydrogens (primary N) is 1. The van der Waals surface area contributed by atoms with Gasteiger partial charge in [-0.05, 0) is 24.8 Å². The fraction of sp³-hybridized carbons (Fsp3) is 0.615. The smallest absolute Gasteiger partial charge is 0.133 e. The van der Waals surface area contributed by atoms with Gasteiger partial charge in [0.1, 0.15) is 5.82 Å². The molecular formula is C13H21N3. The van der Waals surface area contributed by atoms with Crippen LogP contribution in [0.4, 0.5) is 5.82 Å². The van der Waals surface area contributed by atoms with E-state index in [2.05, 4.69) is 29.8 Å². The van der Waals surface area contributed by atoms with Gasteiger partial charge < -0.3 is 10.6 Å². The SMILES string of the molecule is CC(N)c1cccnc1N1CC(C)C(C)C1. The highest BCUT2D eigenvalue weighted by Crippen LogP contribution is 2.30. The van der Waals surface area contributed by atoms with Gasteiger partial charge in [0.15, 0.2) is 0 Å². The summed E-state index contributed by atoms with van der Waals surface area (Å²) in [6.07, 6.45) is 1.86. The van der Waals surface area contributed by atoms with Gasteiger partial charge in [-0.25, -0.2) is 4.98 Å². The molecule has 3 atom stereocenters. The van der Waals surface area contributed by atoms with E-state index in [-0.39, 0.29) is 6.04 Å². The Bertz CT molecular complexity index is 352. The summed E-state index contributed by atoms with van der Waals surface area (Å²) in [6.45, 7) is 8.82. The van der Waals surface area contributed by atoms with Gasteiger partial charge >= 0.3 is 0 Å². The fourth-order valence-corrected chi connectivity index (χ4v) is 2.33. The van der Waals surface area contributed by atoms with Crippen molar-refractivity contribution in [1.82, 2.24) is 4.98 Å². The molecule has 16 heavy (non-hydrogen) atoms. The van der Waals surface area contributed by atoms with Crippen LogP contribution >= 0.6 is 0 Å². The summed E-state index contributed by atoms with van der Waals surface area (Å²) in [4.78, 5) is 6.87. The molecule has 2 rings (SSSR count). The summed E-state index contributed by atoms with van der Waals surface area (Å²) < 4.78 is 0. The Balaban J connectivity index is 2.27. The lowest BCUT2D eigenvalue weighted by Gasteiger charge is -2.21. The second-order valence-corrected chi connectivity index (χ2v) is 5.06. The number of rotatable bonds is 2. The van der Waals surface area contributed by atoms with Gasteiger partial charge in [-0.2, -0.15) is 0 Å². The maximum Gasteiger partial charge on any atom is 0.133 e. The number of anilines is 1. The number of pyridine rings is 1. The molecule has 1 aromatic heterocycles. The zero-order chi connectivity index (χ0) is 11.7. The third-order valence-electron chi connectivity index (χ3n) is 3.60. The number of hydrogen-bond donors (Lipinski definition) is 1. The molecule has 3 heteroatoms. The molecule has 2 N–H and O–H groups in total. The van der Waals surface area contributed by atoms with E-state index in [1.54, 1.807) is 0 Å². The van der Waals surface area contributed by atoms with Crippen molar-refractivity contribution in [3.63, 3.8) is 0 Å². The zero-order valence-corrected chi connectivity index (χ0v) is 10.4. The third-order valence-corrected chi connectivity index (χ3v) is 3.60. The minimum atomic E-state index is 0.0508. The predicted molar refractivity (Wildman–Crippen MR) is 67.4 cm³/mol. The normalized spacial score (nSPS) is 27.1. The Morgan fingerprint density at radius 2 is 2.00 bits per heavy atom. The standard InChI is InChI=1S/C13H21N3/c1-9-7-16(8-10(9)2)13-12(11(3)14)5-4-6-15-13/h4-6,9-11H,7-8,14H2,1-3H3. The van der Waals surface area contributed by atoms with E-state index in [1.807, 2.05) is 19.2 Å². The first-order valence-electron chi connectivity index (χ1n) is 6.05. The van der Waals surface area contributed by atoms with Crippen LogP contribution in [0.25, 0.3) is 0 Å². The molecule has 0 aliphatic carbocycles. The van der Waals surface area contributed by atoms with Crippen molar-refractivity contribution >= 4 is 5.82 Å². The maximum atomic E-state index is 5.98. The molecular weight excluding hydrogens is 198 g/mol. The Kier molecular flexibility index (Phi) is 3.15. The van der Waals surface area contributed by atoms with Crippen LogP contribution in [0.2, 0.25) is 0 Å². The van der Waals surface area contributed by atoms with Crippen molar-refractivity contribution in [3.05, 3.63) is 23.9 Å². The summed E-state index contributed by atoms with van der Waals surface area (Å²) in [5.41, 5.74) is 7.14. The first-order chi connectivity index (χ1) is 7.59. The van der Waals surface area contributed by atoms with Crippen LogP contribution in [0.15, 0.2) is 18.3 Å². The van der Waals surface area contributed by atoms with Gasteiger partial charge in [-0.15, -0.1) is 0 Å². The molecule has 0 amide bonds. The van der Waals surface area contributed by atoms with Crippen LogP contribution in [-0.4, -0.2) is 18.1 Å². The van der Waals surface area contributed by atoms with Gasteiger partial charge in [0.05, 0.1) is 0 Å². The summed E-state index contributed by atoms with van der Waals surface area (Å²) in [5.74, 6) is 2.56. The van der Waals surface area contributed by atoms with Crippen LogP contribution in [0.5, 0.6) is 0 Å². The average molecular weight is 219 g/mol. The van der Waals surface area contributed by atoms with E-state index in [0.29, 0.717) is 0 Å². The number of aromatic nitrogens is 1. The molecule has 3 nitrogen and oxygen atoms in total. The molecule has 1 saturated heterocycles. The van der Waals surface area contributed by atoms with E-state index in [0.717, 1.165) is 36.3 Å². The van der Waals surface area contributed by atoms with Crippen molar-refractivity contribution in [2.75, 3.05) is 18.0 Å². The van der Waals surface area contributed by atoms with Crippen molar-refractivity contribution in [1.29, 1.82) is 0 Å². The lowest BCUT2D eigenvalue weighted by Crippen LogP contribution is -2.24. The van der Waals surface area contributed by atoms with E-state index in [9.17, 15) is 0 Å². The van der Waals surface area contributed by atoms with Crippen molar-refractivity contribution < 1.29 is 0 Å². The molecule has 88 valence electrons. The largest absolute Gasteiger partial charge is 0.356 e. The van der Waals surface area contributed by atoms with Crippen LogP contribution < -0.4 is 10.6 Å². The molecule has 0 saturated carbocycles. The lowest BCUT2D eigenvalue weighted by molar-refractivity contribution is 0.494. The highest BCUT2D eigenvalue weighted by atomic mass is 15.2. The molecule has 0 radical (unpaired) electrons. The molecule has 1 fully saturated rings.